The molecule has 0 aliphatic heterocycles. The molecule has 2 rings (SSSR count). The van der Waals surface area contributed by atoms with Gasteiger partial charge in [0.15, 0.2) is 0 Å². The Hall–Kier alpha value is -1.84. The summed E-state index contributed by atoms with van der Waals surface area (Å²) < 4.78 is 7.12. The van der Waals surface area contributed by atoms with Gasteiger partial charge in [-0.25, -0.2) is 0 Å². The predicted molar refractivity (Wildman–Crippen MR) is 47.5 cm³/mol. The van der Waals surface area contributed by atoms with Gasteiger partial charge in [0.05, 0.1) is 0 Å². The number of aromatic nitrogens is 3. The standard InChI is InChI=1S/C9H9N3O/c1-12-7-4-9(11-12)13-8-2-5-10-6-3-8/h2-7H,1H3. The number of ether oxygens (including phenoxy) is 1. The van der Waals surface area contributed by atoms with Gasteiger partial charge in [-0.15, -0.1) is 5.10 Å². The number of nitrogens with zero attached hydrogens (tertiary/aromatic N) is 3. The van der Waals surface area contributed by atoms with Gasteiger partial charge in [-0.05, 0) is 12.1 Å². The lowest BCUT2D eigenvalue weighted by Crippen LogP contribution is -1.89. The highest BCUT2D eigenvalue weighted by atomic mass is 16.5. The number of hydrogen-bond acceptors (Lipinski definition) is 3. The van der Waals surface area contributed by atoms with Crippen LogP contribution in [-0.2, 0) is 7.05 Å². The van der Waals surface area contributed by atoms with Crippen molar-refractivity contribution in [1.82, 2.24) is 14.8 Å². The van der Waals surface area contributed by atoms with Crippen LogP contribution in [0.15, 0.2) is 36.8 Å². The Bertz CT molecular complexity index is 383. The minimum Gasteiger partial charge on any atom is -0.437 e. The molecule has 0 saturated heterocycles. The average molecular weight is 175 g/mol. The Morgan fingerprint density at radius 1 is 1.23 bits per heavy atom. The summed E-state index contributed by atoms with van der Waals surface area (Å²) in [6, 6.07) is 5.38. The molecule has 0 bridgehead atoms. The first kappa shape index (κ1) is 7.79. The lowest BCUT2D eigenvalue weighted by Gasteiger charge is -1.99. The molecule has 0 fully saturated rings. The molecule has 2 heterocycles. The minimum absolute atomic E-state index is 0.591. The first-order chi connectivity index (χ1) is 6.34. The molecule has 0 saturated carbocycles. The molecule has 2 aromatic rings. The van der Waals surface area contributed by atoms with Crippen molar-refractivity contribution in [2.75, 3.05) is 0 Å². The molecule has 0 N–H and O–H groups in total. The van der Waals surface area contributed by atoms with Gasteiger partial charge in [0.2, 0.25) is 5.88 Å². The molecular formula is C9H9N3O. The fourth-order valence-corrected chi connectivity index (χ4v) is 0.975. The lowest BCUT2D eigenvalue weighted by molar-refractivity contribution is 0.453. The number of rotatable bonds is 2. The molecular weight excluding hydrogens is 166 g/mol. The van der Waals surface area contributed by atoms with E-state index in [1.165, 1.54) is 0 Å². The van der Waals surface area contributed by atoms with E-state index < -0.39 is 0 Å². The van der Waals surface area contributed by atoms with Crippen LogP contribution in [0, 0.1) is 0 Å². The van der Waals surface area contributed by atoms with Crippen LogP contribution in [-0.4, -0.2) is 14.8 Å². The summed E-state index contributed by atoms with van der Waals surface area (Å²) in [4.78, 5) is 3.89. The third-order valence-corrected chi connectivity index (χ3v) is 1.56. The highest BCUT2D eigenvalue weighted by Gasteiger charge is 1.98. The number of aryl methyl sites for hydroxylation is 1. The van der Waals surface area contributed by atoms with Crippen molar-refractivity contribution < 1.29 is 4.74 Å². The van der Waals surface area contributed by atoms with E-state index in [2.05, 4.69) is 10.1 Å². The molecule has 4 heteroatoms. The van der Waals surface area contributed by atoms with E-state index in [-0.39, 0.29) is 0 Å². The van der Waals surface area contributed by atoms with Crippen molar-refractivity contribution in [2.45, 2.75) is 0 Å². The Kier molecular flexibility index (Phi) is 1.96. The van der Waals surface area contributed by atoms with E-state index in [4.69, 9.17) is 4.74 Å². The van der Waals surface area contributed by atoms with Gasteiger partial charge in [0, 0.05) is 31.7 Å². The molecule has 0 aliphatic carbocycles. The second-order valence-electron chi connectivity index (χ2n) is 2.61. The van der Waals surface area contributed by atoms with E-state index in [0.717, 1.165) is 5.75 Å². The normalized spacial score (nSPS) is 9.92. The second kappa shape index (κ2) is 3.26. The van der Waals surface area contributed by atoms with Crippen LogP contribution in [0.2, 0.25) is 0 Å². The third-order valence-electron chi connectivity index (χ3n) is 1.56. The Morgan fingerprint density at radius 2 is 2.00 bits per heavy atom. The highest BCUT2D eigenvalue weighted by Crippen LogP contribution is 2.16. The maximum Gasteiger partial charge on any atom is 0.238 e. The van der Waals surface area contributed by atoms with Gasteiger partial charge in [0.25, 0.3) is 0 Å². The Labute approximate surface area is 75.8 Å². The van der Waals surface area contributed by atoms with Gasteiger partial charge < -0.3 is 4.74 Å². The van der Waals surface area contributed by atoms with E-state index in [0.29, 0.717) is 5.88 Å². The van der Waals surface area contributed by atoms with E-state index in [1.54, 1.807) is 35.3 Å². The first-order valence-electron chi connectivity index (χ1n) is 3.92. The van der Waals surface area contributed by atoms with Crippen LogP contribution < -0.4 is 4.74 Å². The zero-order valence-electron chi connectivity index (χ0n) is 7.21. The zero-order chi connectivity index (χ0) is 9.10. The SMILES string of the molecule is Cn1ccc(Oc2ccncc2)n1. The minimum atomic E-state index is 0.591. The highest BCUT2D eigenvalue weighted by molar-refractivity contribution is 5.22. The smallest absolute Gasteiger partial charge is 0.238 e. The second-order valence-corrected chi connectivity index (χ2v) is 2.61. The summed E-state index contributed by atoms with van der Waals surface area (Å²) in [6.45, 7) is 0. The topological polar surface area (TPSA) is 39.9 Å². The molecule has 0 amide bonds. The van der Waals surface area contributed by atoms with Crippen LogP contribution in [0.5, 0.6) is 11.6 Å². The first-order valence-corrected chi connectivity index (χ1v) is 3.92. The quantitative estimate of drug-likeness (QED) is 0.696. The van der Waals surface area contributed by atoms with Crippen LogP contribution in [0.1, 0.15) is 0 Å². The summed E-state index contributed by atoms with van der Waals surface area (Å²) in [5.41, 5.74) is 0. The molecule has 2 aromatic heterocycles. The predicted octanol–water partition coefficient (Wildman–Crippen LogP) is 1.61. The van der Waals surface area contributed by atoms with Crippen molar-refractivity contribution in [3.8, 4) is 11.6 Å². The molecule has 0 atom stereocenters. The van der Waals surface area contributed by atoms with Crippen LogP contribution in [0.4, 0.5) is 0 Å². The van der Waals surface area contributed by atoms with Gasteiger partial charge in [-0.2, -0.15) is 0 Å². The van der Waals surface area contributed by atoms with Crippen LogP contribution in [0.25, 0.3) is 0 Å². The Morgan fingerprint density at radius 3 is 2.62 bits per heavy atom. The summed E-state index contributed by atoms with van der Waals surface area (Å²) in [5.74, 6) is 1.34. The zero-order valence-corrected chi connectivity index (χ0v) is 7.21. The molecule has 4 nitrogen and oxygen atoms in total. The van der Waals surface area contributed by atoms with Crippen LogP contribution >= 0.6 is 0 Å². The van der Waals surface area contributed by atoms with Gasteiger partial charge in [0.1, 0.15) is 5.75 Å². The van der Waals surface area contributed by atoms with Crippen molar-refractivity contribution in [2.24, 2.45) is 7.05 Å². The molecule has 0 aliphatic rings. The summed E-state index contributed by atoms with van der Waals surface area (Å²) >= 11 is 0. The Balaban J connectivity index is 2.15. The van der Waals surface area contributed by atoms with E-state index >= 15 is 0 Å². The summed E-state index contributed by atoms with van der Waals surface area (Å²) in [6.07, 6.45) is 5.19. The van der Waals surface area contributed by atoms with Crippen molar-refractivity contribution in [1.29, 1.82) is 0 Å². The monoisotopic (exact) mass is 175 g/mol. The van der Waals surface area contributed by atoms with Gasteiger partial charge in [-0.1, -0.05) is 0 Å². The summed E-state index contributed by atoms with van der Waals surface area (Å²) in [7, 11) is 1.85. The van der Waals surface area contributed by atoms with E-state index in [9.17, 15) is 0 Å². The maximum absolute atomic E-state index is 5.43. The van der Waals surface area contributed by atoms with Crippen molar-refractivity contribution in [3.63, 3.8) is 0 Å². The molecule has 0 unspecified atom stereocenters. The van der Waals surface area contributed by atoms with Crippen molar-refractivity contribution >= 4 is 0 Å². The largest absolute Gasteiger partial charge is 0.437 e. The third kappa shape index (κ3) is 1.84. The average Bonchev–Trinajstić information content (AvgIpc) is 2.53. The van der Waals surface area contributed by atoms with Crippen LogP contribution in [0.3, 0.4) is 0 Å². The lowest BCUT2D eigenvalue weighted by atomic mass is 10.4. The number of pyridine rings is 1. The van der Waals surface area contributed by atoms with Gasteiger partial charge in [-0.3, -0.25) is 9.67 Å². The molecule has 66 valence electrons. The maximum atomic E-state index is 5.43. The molecule has 0 radical (unpaired) electrons. The fourth-order valence-electron chi connectivity index (χ4n) is 0.975. The fraction of sp³-hybridized carbons (Fsp3) is 0.111. The molecule has 0 spiro atoms. The molecule has 0 aromatic carbocycles. The van der Waals surface area contributed by atoms with Gasteiger partial charge >= 0.3 is 0 Å². The summed E-state index contributed by atoms with van der Waals surface area (Å²) in [5, 5.41) is 4.08. The number of hydrogen-bond donors (Lipinski definition) is 0. The van der Waals surface area contributed by atoms with Crippen molar-refractivity contribution in [3.05, 3.63) is 36.8 Å². The van der Waals surface area contributed by atoms with E-state index in [1.807, 2.05) is 13.2 Å². The molecule has 13 heavy (non-hydrogen) atoms.